The maximum Gasteiger partial charge on any atom is 0.412 e. The van der Waals surface area contributed by atoms with Crippen LogP contribution in [0.4, 0.5) is 30.7 Å². The van der Waals surface area contributed by atoms with Crippen LogP contribution in [0.25, 0.3) is 0 Å². The molecule has 1 aromatic heterocycles. The average molecular weight is 547 g/mol. The fourth-order valence-electron chi connectivity index (χ4n) is 2.12. The Hall–Kier alpha value is -2.27. The number of halogens is 7. The Labute approximate surface area is 192 Å². The Morgan fingerprint density at radius 2 is 1.66 bits per heavy atom. The molecule has 0 bridgehead atoms. The third-order valence-corrected chi connectivity index (χ3v) is 5.14. The van der Waals surface area contributed by atoms with Crippen molar-refractivity contribution < 1.29 is 58.7 Å². The lowest BCUT2D eigenvalue weighted by Gasteiger charge is -2.22. The summed E-state index contributed by atoms with van der Waals surface area (Å²) in [5.41, 5.74) is -2.16. The first-order valence-electron chi connectivity index (χ1n) is 9.56. The highest BCUT2D eigenvalue weighted by molar-refractivity contribution is 7.53. The van der Waals surface area contributed by atoms with E-state index in [1.165, 1.54) is 0 Å². The van der Waals surface area contributed by atoms with Crippen LogP contribution in [0.15, 0.2) is 9.59 Å². The van der Waals surface area contributed by atoms with Crippen molar-refractivity contribution in [3.8, 4) is 0 Å². The second-order valence-electron chi connectivity index (χ2n) is 6.81. The van der Waals surface area contributed by atoms with Crippen LogP contribution in [-0.4, -0.2) is 60.1 Å². The Morgan fingerprint density at radius 3 is 2.14 bits per heavy atom. The minimum absolute atomic E-state index is 0.0483. The first kappa shape index (κ1) is 30.8. The van der Waals surface area contributed by atoms with Crippen LogP contribution in [0.2, 0.25) is 0 Å². The number of hydrogen-bond donors (Lipinski definition) is 2. The van der Waals surface area contributed by atoms with Gasteiger partial charge in [-0.3, -0.25) is 37.6 Å². The zero-order valence-electron chi connectivity index (χ0n) is 18.1. The van der Waals surface area contributed by atoms with Crippen molar-refractivity contribution in [2.75, 3.05) is 26.2 Å². The number of aromatic nitrogens is 2. The van der Waals surface area contributed by atoms with Crippen LogP contribution >= 0.6 is 7.60 Å². The summed E-state index contributed by atoms with van der Waals surface area (Å²) in [5.74, 6) is -2.96. The summed E-state index contributed by atoms with van der Waals surface area (Å²) >= 11 is 0. The highest BCUT2D eigenvalue weighted by Crippen LogP contribution is 2.50. The van der Waals surface area contributed by atoms with Crippen LogP contribution in [0.3, 0.4) is 0 Å². The molecule has 1 aromatic rings. The Kier molecular flexibility index (Phi) is 11.1. The quantitative estimate of drug-likeness (QED) is 0.166. The molecule has 1 heterocycles. The summed E-state index contributed by atoms with van der Waals surface area (Å²) in [6.07, 6.45) is -12.5. The number of ether oxygens (including phenoxy) is 1. The minimum atomic E-state index is -5.12. The standard InChI is InChI=1S/C16H21F7N3O8P/c1-3-4-32-25-12(27)11-10(17)13(28)26(14(29)24-11)5-9(2)31-8-35(30,33-6-15(18,19)20)34-7-16(21,22)23/h9H,3-8H2,1-2H3,(H,24,29)(H,25,27)/t9-/m1/s1. The van der Waals surface area contributed by atoms with Gasteiger partial charge in [0.2, 0.25) is 5.82 Å². The van der Waals surface area contributed by atoms with Gasteiger partial charge < -0.3 is 4.74 Å². The molecule has 0 spiro atoms. The summed E-state index contributed by atoms with van der Waals surface area (Å²) in [5, 5.41) is 0. The molecule has 0 saturated carbocycles. The molecule has 0 fully saturated rings. The molecule has 0 saturated heterocycles. The largest absolute Gasteiger partial charge is 0.412 e. The molecule has 2 N–H and O–H groups in total. The molecule has 0 aliphatic carbocycles. The summed E-state index contributed by atoms with van der Waals surface area (Å²) < 4.78 is 114. The van der Waals surface area contributed by atoms with Crippen molar-refractivity contribution >= 4 is 13.5 Å². The Balaban J connectivity index is 2.96. The van der Waals surface area contributed by atoms with E-state index in [2.05, 4.69) is 13.9 Å². The molecule has 1 rings (SSSR count). The number of carbonyl (C=O) groups excluding carboxylic acids is 1. The lowest BCUT2D eigenvalue weighted by molar-refractivity contribution is -0.166. The number of amides is 1. The number of nitrogens with zero attached hydrogens (tertiary/aromatic N) is 1. The molecule has 1 atom stereocenters. The number of rotatable bonds is 13. The molecule has 0 aliphatic rings. The molecule has 35 heavy (non-hydrogen) atoms. The fraction of sp³-hybridized carbons (Fsp3) is 0.688. The maximum absolute atomic E-state index is 14.3. The average Bonchev–Trinajstić information content (AvgIpc) is 2.74. The maximum atomic E-state index is 14.3. The molecule has 0 unspecified atom stereocenters. The van der Waals surface area contributed by atoms with E-state index in [0.717, 1.165) is 6.92 Å². The monoisotopic (exact) mass is 547 g/mol. The number of aromatic amines is 1. The van der Waals surface area contributed by atoms with Crippen LogP contribution in [0.1, 0.15) is 30.8 Å². The topological polar surface area (TPSA) is 138 Å². The van der Waals surface area contributed by atoms with Gasteiger partial charge in [-0.15, -0.1) is 0 Å². The van der Waals surface area contributed by atoms with E-state index in [4.69, 9.17) is 4.74 Å². The Morgan fingerprint density at radius 1 is 1.11 bits per heavy atom. The van der Waals surface area contributed by atoms with Gasteiger partial charge in [-0.1, -0.05) is 6.92 Å². The van der Waals surface area contributed by atoms with Crippen LogP contribution < -0.4 is 16.7 Å². The Bertz CT molecular complexity index is 1000. The van der Waals surface area contributed by atoms with Gasteiger partial charge in [0.15, 0.2) is 18.9 Å². The van der Waals surface area contributed by atoms with E-state index in [1.54, 1.807) is 17.4 Å². The lowest BCUT2D eigenvalue weighted by Crippen LogP contribution is -2.43. The number of alkyl halides is 6. The molecule has 0 radical (unpaired) electrons. The molecule has 19 heteroatoms. The first-order chi connectivity index (χ1) is 16.0. The van der Waals surface area contributed by atoms with Crippen LogP contribution in [0.5, 0.6) is 0 Å². The zero-order chi connectivity index (χ0) is 27.0. The molecule has 0 aliphatic heterocycles. The number of hydrogen-bond acceptors (Lipinski definition) is 8. The third-order valence-electron chi connectivity index (χ3n) is 3.63. The van der Waals surface area contributed by atoms with E-state index >= 15 is 0 Å². The molecule has 0 aromatic carbocycles. The van der Waals surface area contributed by atoms with E-state index in [9.17, 15) is 49.7 Å². The van der Waals surface area contributed by atoms with Gasteiger partial charge in [-0.2, -0.15) is 30.7 Å². The van der Waals surface area contributed by atoms with E-state index in [1.807, 2.05) is 0 Å². The second-order valence-corrected chi connectivity index (χ2v) is 8.81. The van der Waals surface area contributed by atoms with Crippen molar-refractivity contribution in [1.82, 2.24) is 15.0 Å². The van der Waals surface area contributed by atoms with Gasteiger partial charge in [-0.05, 0) is 13.3 Å². The van der Waals surface area contributed by atoms with Crippen LogP contribution in [0, 0.1) is 5.82 Å². The highest BCUT2D eigenvalue weighted by atomic mass is 31.2. The number of nitrogens with one attached hydrogen (secondary N) is 2. The predicted octanol–water partition coefficient (Wildman–Crippen LogP) is 2.46. The molecular formula is C16H21F7N3O8P. The first-order valence-corrected chi connectivity index (χ1v) is 11.3. The van der Waals surface area contributed by atoms with Crippen molar-refractivity contribution in [3.63, 3.8) is 0 Å². The number of H-pyrrole nitrogens is 1. The summed E-state index contributed by atoms with van der Waals surface area (Å²) in [7, 11) is -5.12. The van der Waals surface area contributed by atoms with Gasteiger partial charge in [-0.25, -0.2) is 10.3 Å². The van der Waals surface area contributed by atoms with Crippen molar-refractivity contribution in [2.24, 2.45) is 0 Å². The predicted molar refractivity (Wildman–Crippen MR) is 102 cm³/mol. The van der Waals surface area contributed by atoms with Gasteiger partial charge in [0, 0.05) is 0 Å². The van der Waals surface area contributed by atoms with Gasteiger partial charge >= 0.3 is 25.6 Å². The van der Waals surface area contributed by atoms with Gasteiger partial charge in [0.05, 0.1) is 19.3 Å². The molecule has 202 valence electrons. The smallest absolute Gasteiger partial charge is 0.364 e. The van der Waals surface area contributed by atoms with Crippen LogP contribution in [-0.2, 0) is 29.7 Å². The normalized spacial score (nSPS) is 13.6. The van der Waals surface area contributed by atoms with Crippen molar-refractivity contribution in [1.29, 1.82) is 0 Å². The van der Waals surface area contributed by atoms with Crippen molar-refractivity contribution in [3.05, 3.63) is 32.3 Å². The van der Waals surface area contributed by atoms with Gasteiger partial charge in [0.1, 0.15) is 6.35 Å². The number of hydroxylamine groups is 1. The summed E-state index contributed by atoms with van der Waals surface area (Å²) in [4.78, 5) is 42.5. The summed E-state index contributed by atoms with van der Waals surface area (Å²) in [6.45, 7) is -2.42. The molecule has 1 amide bonds. The lowest BCUT2D eigenvalue weighted by atomic mass is 10.3. The fourth-order valence-corrected chi connectivity index (χ4v) is 3.47. The second kappa shape index (κ2) is 12.6. The van der Waals surface area contributed by atoms with Gasteiger partial charge in [0.25, 0.3) is 11.5 Å². The SMILES string of the molecule is CCCONC(=O)c1[nH]c(=O)n(C[C@@H](C)OCP(=O)(OCC(F)(F)F)OCC(F)(F)F)c(=O)c1F. The number of carbonyl (C=O) groups is 1. The zero-order valence-corrected chi connectivity index (χ0v) is 19.0. The molecule has 11 nitrogen and oxygen atoms in total. The highest BCUT2D eigenvalue weighted by Gasteiger charge is 2.39. The van der Waals surface area contributed by atoms with E-state index in [-0.39, 0.29) is 11.2 Å². The van der Waals surface area contributed by atoms with Crippen molar-refractivity contribution in [2.45, 2.75) is 45.3 Å². The van der Waals surface area contributed by atoms with E-state index in [0.29, 0.717) is 6.42 Å². The minimum Gasteiger partial charge on any atom is -0.364 e. The van der Waals surface area contributed by atoms with E-state index < -0.39 is 80.8 Å². The molecular weight excluding hydrogens is 526 g/mol. The summed E-state index contributed by atoms with van der Waals surface area (Å²) in [6, 6.07) is 0. The third kappa shape index (κ3) is 10.9.